The fraction of sp³-hybridized carbons (Fsp3) is 0.364. The zero-order chi connectivity index (χ0) is 12.3. The van der Waals surface area contributed by atoms with Crippen molar-refractivity contribution in [3.05, 3.63) is 23.9 Å². The first-order valence-corrected chi connectivity index (χ1v) is 5.42. The van der Waals surface area contributed by atoms with Crippen molar-refractivity contribution in [2.75, 3.05) is 5.32 Å². The van der Waals surface area contributed by atoms with Crippen molar-refractivity contribution < 1.29 is 14.7 Å². The maximum absolute atomic E-state index is 11.5. The Bertz CT molecular complexity index is 443. The number of carbonyl (C=O) groups is 2. The van der Waals surface area contributed by atoms with Crippen molar-refractivity contribution in [2.45, 2.75) is 25.3 Å². The molecule has 1 fully saturated rings. The maximum atomic E-state index is 11.5. The summed E-state index contributed by atoms with van der Waals surface area (Å²) in [6, 6.07) is 2.70. The minimum absolute atomic E-state index is 0.0174. The van der Waals surface area contributed by atoms with Crippen molar-refractivity contribution >= 4 is 17.8 Å². The lowest BCUT2D eigenvalue weighted by atomic mass is 9.93. The van der Waals surface area contributed by atoms with E-state index in [1.807, 2.05) is 0 Å². The maximum Gasteiger partial charge on any atom is 0.339 e. The molecule has 0 bridgehead atoms. The summed E-state index contributed by atoms with van der Waals surface area (Å²) >= 11 is 0. The van der Waals surface area contributed by atoms with Crippen LogP contribution < -0.4 is 10.6 Å². The van der Waals surface area contributed by atoms with Gasteiger partial charge in [-0.3, -0.25) is 5.32 Å². The van der Waals surface area contributed by atoms with Gasteiger partial charge in [0, 0.05) is 12.2 Å². The molecule has 3 N–H and O–H groups in total. The van der Waals surface area contributed by atoms with E-state index in [0.717, 1.165) is 19.3 Å². The predicted molar refractivity (Wildman–Crippen MR) is 61.0 cm³/mol. The molecule has 1 aromatic rings. The number of nitrogens with zero attached hydrogens (tertiary/aromatic N) is 1. The van der Waals surface area contributed by atoms with Crippen LogP contribution in [0.4, 0.5) is 10.6 Å². The Hall–Kier alpha value is -2.11. The summed E-state index contributed by atoms with van der Waals surface area (Å²) < 4.78 is 0. The topological polar surface area (TPSA) is 91.3 Å². The number of hydrogen-bond donors (Lipinski definition) is 3. The first-order chi connectivity index (χ1) is 8.16. The van der Waals surface area contributed by atoms with Gasteiger partial charge in [0.25, 0.3) is 0 Å². The number of anilines is 1. The average molecular weight is 235 g/mol. The summed E-state index contributed by atoms with van der Waals surface area (Å²) in [6.45, 7) is 0. The molecule has 0 atom stereocenters. The van der Waals surface area contributed by atoms with Crippen LogP contribution in [0.5, 0.6) is 0 Å². The molecule has 6 heteroatoms. The fourth-order valence-electron chi connectivity index (χ4n) is 1.56. The quantitative estimate of drug-likeness (QED) is 0.739. The molecule has 1 heterocycles. The molecule has 1 aromatic heterocycles. The Kier molecular flexibility index (Phi) is 3.22. The summed E-state index contributed by atoms with van der Waals surface area (Å²) in [5.41, 5.74) is -0.0174. The first kappa shape index (κ1) is 11.4. The largest absolute Gasteiger partial charge is 0.478 e. The van der Waals surface area contributed by atoms with Gasteiger partial charge in [-0.2, -0.15) is 0 Å². The standard InChI is InChI=1S/C11H13N3O3/c15-10(16)8-5-2-6-12-9(8)14-11(17)13-7-3-1-4-7/h2,5-7H,1,3-4H2,(H,15,16)(H2,12,13,14,17). The summed E-state index contributed by atoms with van der Waals surface area (Å²) in [6.07, 6.45) is 4.50. The highest BCUT2D eigenvalue weighted by molar-refractivity contribution is 5.98. The number of pyridine rings is 1. The number of carboxylic acids is 1. The second-order valence-corrected chi connectivity index (χ2v) is 3.93. The van der Waals surface area contributed by atoms with Crippen LogP contribution >= 0.6 is 0 Å². The molecule has 90 valence electrons. The average Bonchev–Trinajstić information content (AvgIpc) is 2.24. The van der Waals surface area contributed by atoms with Gasteiger partial charge < -0.3 is 10.4 Å². The second kappa shape index (κ2) is 4.82. The third-order valence-electron chi connectivity index (χ3n) is 2.71. The Morgan fingerprint density at radius 2 is 2.18 bits per heavy atom. The van der Waals surface area contributed by atoms with Crippen molar-refractivity contribution in [2.24, 2.45) is 0 Å². The lowest BCUT2D eigenvalue weighted by Crippen LogP contribution is -2.42. The number of aromatic carboxylic acids is 1. The van der Waals surface area contributed by atoms with Gasteiger partial charge in [0.2, 0.25) is 0 Å². The van der Waals surface area contributed by atoms with Crippen molar-refractivity contribution in [3.8, 4) is 0 Å². The number of carbonyl (C=O) groups excluding carboxylic acids is 1. The van der Waals surface area contributed by atoms with Gasteiger partial charge in [-0.1, -0.05) is 0 Å². The third kappa shape index (κ3) is 2.72. The predicted octanol–water partition coefficient (Wildman–Crippen LogP) is 1.45. The Morgan fingerprint density at radius 3 is 2.76 bits per heavy atom. The van der Waals surface area contributed by atoms with E-state index in [-0.39, 0.29) is 17.4 Å². The Balaban J connectivity index is 2.01. The molecule has 0 aromatic carbocycles. The molecule has 1 aliphatic rings. The van der Waals surface area contributed by atoms with Gasteiger partial charge in [0.15, 0.2) is 0 Å². The SMILES string of the molecule is O=C(Nc1ncccc1C(=O)O)NC1CCC1. The summed E-state index contributed by atoms with van der Waals surface area (Å²) in [7, 11) is 0. The van der Waals surface area contributed by atoms with Crippen molar-refractivity contribution in [1.29, 1.82) is 0 Å². The van der Waals surface area contributed by atoms with Crippen LogP contribution in [-0.4, -0.2) is 28.1 Å². The molecule has 0 spiro atoms. The molecule has 1 saturated carbocycles. The lowest BCUT2D eigenvalue weighted by Gasteiger charge is -2.26. The zero-order valence-corrected chi connectivity index (χ0v) is 9.14. The molecule has 0 saturated heterocycles. The summed E-state index contributed by atoms with van der Waals surface area (Å²) in [5.74, 6) is -1.05. The van der Waals surface area contributed by atoms with Crippen molar-refractivity contribution in [1.82, 2.24) is 10.3 Å². The molecule has 0 aliphatic heterocycles. The number of hydrogen-bond acceptors (Lipinski definition) is 3. The molecular weight excluding hydrogens is 222 g/mol. The van der Waals surface area contributed by atoms with E-state index in [0.29, 0.717) is 0 Å². The van der Waals surface area contributed by atoms with Crippen LogP contribution in [0.2, 0.25) is 0 Å². The lowest BCUT2D eigenvalue weighted by molar-refractivity contribution is 0.0697. The van der Waals surface area contributed by atoms with Crippen LogP contribution in [0, 0.1) is 0 Å². The number of rotatable bonds is 3. The van der Waals surface area contributed by atoms with E-state index < -0.39 is 12.0 Å². The van der Waals surface area contributed by atoms with Gasteiger partial charge >= 0.3 is 12.0 Å². The zero-order valence-electron chi connectivity index (χ0n) is 9.14. The van der Waals surface area contributed by atoms with Gasteiger partial charge in [-0.15, -0.1) is 0 Å². The first-order valence-electron chi connectivity index (χ1n) is 5.42. The minimum atomic E-state index is -1.11. The van der Waals surface area contributed by atoms with Crippen LogP contribution in [0.1, 0.15) is 29.6 Å². The van der Waals surface area contributed by atoms with E-state index in [4.69, 9.17) is 5.11 Å². The Labute approximate surface area is 98.1 Å². The highest BCUT2D eigenvalue weighted by atomic mass is 16.4. The minimum Gasteiger partial charge on any atom is -0.478 e. The number of nitrogens with one attached hydrogen (secondary N) is 2. The fourth-order valence-corrected chi connectivity index (χ4v) is 1.56. The molecule has 0 radical (unpaired) electrons. The molecule has 6 nitrogen and oxygen atoms in total. The number of urea groups is 1. The second-order valence-electron chi connectivity index (χ2n) is 3.93. The third-order valence-corrected chi connectivity index (χ3v) is 2.71. The molecule has 0 unspecified atom stereocenters. The van der Waals surface area contributed by atoms with E-state index in [9.17, 15) is 9.59 Å². The highest BCUT2D eigenvalue weighted by Crippen LogP contribution is 2.18. The molecule has 1 aliphatic carbocycles. The molecule has 17 heavy (non-hydrogen) atoms. The van der Waals surface area contributed by atoms with Gasteiger partial charge in [-0.05, 0) is 31.4 Å². The van der Waals surface area contributed by atoms with Gasteiger partial charge in [0.1, 0.15) is 11.4 Å². The smallest absolute Gasteiger partial charge is 0.339 e. The van der Waals surface area contributed by atoms with Crippen LogP contribution in [-0.2, 0) is 0 Å². The normalized spacial score (nSPS) is 14.8. The Morgan fingerprint density at radius 1 is 1.41 bits per heavy atom. The summed E-state index contributed by atoms with van der Waals surface area (Å²) in [5, 5.41) is 14.1. The molecule has 2 rings (SSSR count). The van der Waals surface area contributed by atoms with Crippen LogP contribution in [0.3, 0.4) is 0 Å². The van der Waals surface area contributed by atoms with Crippen LogP contribution in [0.15, 0.2) is 18.3 Å². The van der Waals surface area contributed by atoms with Crippen molar-refractivity contribution in [3.63, 3.8) is 0 Å². The summed E-state index contributed by atoms with van der Waals surface area (Å²) in [4.78, 5) is 26.3. The van der Waals surface area contributed by atoms with E-state index in [2.05, 4.69) is 15.6 Å². The molecule has 2 amide bonds. The van der Waals surface area contributed by atoms with E-state index in [1.54, 1.807) is 0 Å². The van der Waals surface area contributed by atoms with E-state index in [1.165, 1.54) is 18.3 Å². The number of amides is 2. The number of carboxylic acid groups (broad SMARTS) is 1. The van der Waals surface area contributed by atoms with Gasteiger partial charge in [-0.25, -0.2) is 14.6 Å². The van der Waals surface area contributed by atoms with E-state index >= 15 is 0 Å². The van der Waals surface area contributed by atoms with Gasteiger partial charge in [0.05, 0.1) is 0 Å². The highest BCUT2D eigenvalue weighted by Gasteiger charge is 2.20. The monoisotopic (exact) mass is 235 g/mol. The molecular formula is C11H13N3O3. The number of aromatic nitrogens is 1. The van der Waals surface area contributed by atoms with Crippen LogP contribution in [0.25, 0.3) is 0 Å².